The Morgan fingerprint density at radius 2 is 1.92 bits per heavy atom. The summed E-state index contributed by atoms with van der Waals surface area (Å²) in [5, 5.41) is 2.62. The molecule has 3 rings (SSSR count). The van der Waals surface area contributed by atoms with E-state index in [2.05, 4.69) is 5.32 Å². The van der Waals surface area contributed by atoms with E-state index in [-0.39, 0.29) is 11.1 Å². The molecule has 0 atom stereocenters. The molecule has 0 fully saturated rings. The molecule has 0 bridgehead atoms. The van der Waals surface area contributed by atoms with Gasteiger partial charge in [0.2, 0.25) is 0 Å². The summed E-state index contributed by atoms with van der Waals surface area (Å²) in [7, 11) is 0. The van der Waals surface area contributed by atoms with Crippen molar-refractivity contribution in [3.05, 3.63) is 64.5 Å². The fourth-order valence-electron chi connectivity index (χ4n) is 2.68. The van der Waals surface area contributed by atoms with Crippen LogP contribution in [0.15, 0.2) is 36.4 Å². The first-order valence-corrected chi connectivity index (χ1v) is 7.92. The Kier molecular flexibility index (Phi) is 4.56. The number of amides is 1. The molecule has 1 aliphatic rings. The van der Waals surface area contributed by atoms with Gasteiger partial charge in [0, 0.05) is 28.3 Å². The normalized spacial score (nSPS) is 15.4. The van der Waals surface area contributed by atoms with Gasteiger partial charge in [-0.1, -0.05) is 18.2 Å². The van der Waals surface area contributed by atoms with Gasteiger partial charge >= 0.3 is 6.18 Å². The van der Waals surface area contributed by atoms with Gasteiger partial charge in [-0.2, -0.15) is 13.2 Å². The summed E-state index contributed by atoms with van der Waals surface area (Å²) in [6.07, 6.45) is -3.09. The molecule has 0 aliphatic carbocycles. The van der Waals surface area contributed by atoms with Crippen molar-refractivity contribution < 1.29 is 22.4 Å². The van der Waals surface area contributed by atoms with Crippen molar-refractivity contribution >= 4 is 34.8 Å². The van der Waals surface area contributed by atoms with Crippen LogP contribution in [-0.2, 0) is 17.4 Å². The first-order chi connectivity index (χ1) is 11.8. The molecule has 0 spiro atoms. The van der Waals surface area contributed by atoms with Crippen LogP contribution in [-0.4, -0.2) is 11.8 Å². The molecule has 130 valence electrons. The summed E-state index contributed by atoms with van der Waals surface area (Å²) in [6.45, 7) is 0. The number of nitrogens with one attached hydrogen (secondary N) is 1. The summed E-state index contributed by atoms with van der Waals surface area (Å²) in [4.78, 5) is 12.1. The maximum atomic E-state index is 14.2. The van der Waals surface area contributed by atoms with Crippen LogP contribution in [0.3, 0.4) is 0 Å². The Morgan fingerprint density at radius 1 is 1.16 bits per heavy atom. The number of alkyl halides is 4. The number of carbonyl (C=O) groups is 1. The number of hydrogen-bond acceptors (Lipinski definition) is 1. The van der Waals surface area contributed by atoms with Crippen LogP contribution in [0.2, 0.25) is 0 Å². The molecule has 2 aromatic rings. The van der Waals surface area contributed by atoms with Gasteiger partial charge in [0.15, 0.2) is 0 Å². The predicted molar refractivity (Wildman–Crippen MR) is 88.8 cm³/mol. The van der Waals surface area contributed by atoms with E-state index in [1.54, 1.807) is 18.2 Å². The molecule has 25 heavy (non-hydrogen) atoms. The van der Waals surface area contributed by atoms with Crippen LogP contribution in [0.1, 0.15) is 22.3 Å². The quantitative estimate of drug-likeness (QED) is 0.454. The predicted octanol–water partition coefficient (Wildman–Crippen LogP) is 5.12. The minimum atomic E-state index is -4.80. The highest BCUT2D eigenvalue weighted by Gasteiger charge is 2.35. The van der Waals surface area contributed by atoms with E-state index in [4.69, 9.17) is 11.6 Å². The topological polar surface area (TPSA) is 29.1 Å². The van der Waals surface area contributed by atoms with Gasteiger partial charge in [0.25, 0.3) is 5.91 Å². The second-order valence-electron chi connectivity index (χ2n) is 5.54. The summed E-state index contributed by atoms with van der Waals surface area (Å²) in [6, 6.07) is 8.20. The molecule has 0 saturated heterocycles. The number of anilines is 1. The lowest BCUT2D eigenvalue weighted by atomic mass is 9.99. The molecule has 1 amide bonds. The third kappa shape index (κ3) is 3.39. The first-order valence-electron chi connectivity index (χ1n) is 7.39. The van der Waals surface area contributed by atoms with Gasteiger partial charge in [-0.25, -0.2) is 4.39 Å². The Morgan fingerprint density at radius 3 is 2.60 bits per heavy atom. The van der Waals surface area contributed by atoms with Crippen LogP contribution in [0.25, 0.3) is 11.6 Å². The zero-order valence-electron chi connectivity index (χ0n) is 12.8. The van der Waals surface area contributed by atoms with Crippen LogP contribution in [0.4, 0.5) is 23.2 Å². The summed E-state index contributed by atoms with van der Waals surface area (Å²) < 4.78 is 52.7. The lowest BCUT2D eigenvalue weighted by Gasteiger charge is -2.09. The Labute approximate surface area is 146 Å². The molecule has 0 unspecified atom stereocenters. The van der Waals surface area contributed by atoms with Crippen LogP contribution in [0, 0.1) is 5.82 Å². The van der Waals surface area contributed by atoms with Crippen LogP contribution < -0.4 is 5.32 Å². The van der Waals surface area contributed by atoms with E-state index >= 15 is 0 Å². The molecule has 0 radical (unpaired) electrons. The molecular weight excluding hydrogens is 358 g/mol. The van der Waals surface area contributed by atoms with E-state index in [0.717, 1.165) is 17.7 Å². The van der Waals surface area contributed by atoms with E-state index < -0.39 is 23.5 Å². The molecule has 1 aliphatic heterocycles. The van der Waals surface area contributed by atoms with Crippen molar-refractivity contribution in [1.29, 1.82) is 0 Å². The monoisotopic (exact) mass is 369 g/mol. The molecule has 2 nitrogen and oxygen atoms in total. The highest BCUT2D eigenvalue weighted by molar-refractivity contribution is 6.35. The number of carbonyl (C=O) groups excluding carboxylic acids is 1. The van der Waals surface area contributed by atoms with Crippen molar-refractivity contribution in [2.75, 3.05) is 11.2 Å². The number of aryl methyl sites for hydroxylation is 1. The van der Waals surface area contributed by atoms with Crippen molar-refractivity contribution in [3.8, 4) is 0 Å². The second kappa shape index (κ2) is 6.52. The maximum absolute atomic E-state index is 14.2. The zero-order valence-corrected chi connectivity index (χ0v) is 13.5. The standard InChI is InChI=1S/C18H12ClF4NO/c19-7-6-10-4-5-15-12(8-10)13(17(25)24-15)9-11-2-1-3-14(16(11)20)18(21,22)23/h1-5,8-9H,6-7H2,(H,24,25). The highest BCUT2D eigenvalue weighted by atomic mass is 35.5. The Hall–Kier alpha value is -2.34. The molecule has 1 heterocycles. The van der Waals surface area contributed by atoms with Gasteiger partial charge in [0.05, 0.1) is 5.56 Å². The number of halogens is 5. The lowest BCUT2D eigenvalue weighted by Crippen LogP contribution is -2.09. The average molecular weight is 370 g/mol. The van der Waals surface area contributed by atoms with E-state index in [0.29, 0.717) is 29.6 Å². The van der Waals surface area contributed by atoms with Crippen molar-refractivity contribution in [3.63, 3.8) is 0 Å². The summed E-state index contributed by atoms with van der Waals surface area (Å²) in [5.74, 6) is -1.50. The van der Waals surface area contributed by atoms with Crippen LogP contribution in [0.5, 0.6) is 0 Å². The molecule has 2 aromatic carbocycles. The van der Waals surface area contributed by atoms with Gasteiger partial charge in [-0.3, -0.25) is 4.79 Å². The zero-order chi connectivity index (χ0) is 18.2. The summed E-state index contributed by atoms with van der Waals surface area (Å²) >= 11 is 5.71. The van der Waals surface area contributed by atoms with Gasteiger partial charge < -0.3 is 5.32 Å². The molecular formula is C18H12ClF4NO. The number of rotatable bonds is 3. The second-order valence-corrected chi connectivity index (χ2v) is 5.92. The molecule has 7 heteroatoms. The van der Waals surface area contributed by atoms with Crippen molar-refractivity contribution in [1.82, 2.24) is 0 Å². The van der Waals surface area contributed by atoms with Gasteiger partial charge in [-0.15, -0.1) is 11.6 Å². The van der Waals surface area contributed by atoms with Gasteiger partial charge in [0.1, 0.15) is 5.82 Å². The third-order valence-corrected chi connectivity index (χ3v) is 4.07. The molecule has 0 saturated carbocycles. The van der Waals surface area contributed by atoms with Crippen molar-refractivity contribution in [2.24, 2.45) is 0 Å². The SMILES string of the molecule is O=C1Nc2ccc(CCCl)cc2C1=Cc1cccc(C(F)(F)F)c1F. The Balaban J connectivity index is 2.09. The fourth-order valence-corrected chi connectivity index (χ4v) is 2.90. The number of benzene rings is 2. The minimum Gasteiger partial charge on any atom is -0.321 e. The number of fused-ring (bicyclic) bond motifs is 1. The lowest BCUT2D eigenvalue weighted by molar-refractivity contribution is -0.140. The van der Waals surface area contributed by atoms with Crippen molar-refractivity contribution in [2.45, 2.75) is 12.6 Å². The molecule has 0 aromatic heterocycles. The average Bonchev–Trinajstić information content (AvgIpc) is 2.84. The van der Waals surface area contributed by atoms with E-state index in [9.17, 15) is 22.4 Å². The smallest absolute Gasteiger partial charge is 0.321 e. The largest absolute Gasteiger partial charge is 0.419 e. The third-order valence-electron chi connectivity index (χ3n) is 3.88. The summed E-state index contributed by atoms with van der Waals surface area (Å²) in [5.41, 5.74) is 0.378. The fraction of sp³-hybridized carbons (Fsp3) is 0.167. The van der Waals surface area contributed by atoms with E-state index in [1.165, 1.54) is 6.07 Å². The maximum Gasteiger partial charge on any atom is 0.419 e. The minimum absolute atomic E-state index is 0.115. The highest BCUT2D eigenvalue weighted by Crippen LogP contribution is 2.36. The van der Waals surface area contributed by atoms with Gasteiger partial charge in [-0.05, 0) is 36.3 Å². The van der Waals surface area contributed by atoms with Crippen LogP contribution >= 0.6 is 11.6 Å². The first kappa shape index (κ1) is 17.5. The Bertz CT molecular complexity index is 874. The number of hydrogen-bond donors (Lipinski definition) is 1. The van der Waals surface area contributed by atoms with E-state index in [1.807, 2.05) is 0 Å². The molecule has 1 N–H and O–H groups in total.